The molecule has 1 aliphatic carbocycles. The lowest BCUT2D eigenvalue weighted by atomic mass is 9.74. The molecular weight excluding hydrogens is 364 g/mol. The Morgan fingerprint density at radius 2 is 1.45 bits per heavy atom. The monoisotopic (exact) mass is 380 g/mol. The maximum atomic E-state index is 12.2. The standard InChI is InChI=1S/C18H17BrO2.ClH/c19-12-6-5-11-18(17(20)21)15-9-3-1-7-13(15)14-8-2-4-10-16(14)18;/h1-4,7-10H,5-6,11-12H2,(H,20,21);1H. The molecule has 0 spiro atoms. The second-order valence-electron chi connectivity index (χ2n) is 5.45. The molecule has 4 heteroatoms. The van der Waals surface area contributed by atoms with Crippen molar-refractivity contribution in [2.24, 2.45) is 0 Å². The van der Waals surface area contributed by atoms with Crippen molar-refractivity contribution >= 4 is 34.3 Å². The summed E-state index contributed by atoms with van der Waals surface area (Å²) in [7, 11) is 0. The summed E-state index contributed by atoms with van der Waals surface area (Å²) in [6.45, 7) is 0. The molecule has 0 unspecified atom stereocenters. The van der Waals surface area contributed by atoms with Crippen molar-refractivity contribution in [3.63, 3.8) is 0 Å². The van der Waals surface area contributed by atoms with E-state index in [-0.39, 0.29) is 12.4 Å². The van der Waals surface area contributed by atoms with Gasteiger partial charge in [-0.3, -0.25) is 4.79 Å². The fraction of sp³-hybridized carbons (Fsp3) is 0.278. The summed E-state index contributed by atoms with van der Waals surface area (Å²) < 4.78 is 0. The molecule has 0 saturated carbocycles. The van der Waals surface area contributed by atoms with Crippen molar-refractivity contribution in [1.29, 1.82) is 0 Å². The summed E-state index contributed by atoms with van der Waals surface area (Å²) in [5.74, 6) is -0.741. The molecule has 0 saturated heterocycles. The van der Waals surface area contributed by atoms with Crippen LogP contribution in [0, 0.1) is 0 Å². The first-order valence-corrected chi connectivity index (χ1v) is 8.32. The van der Waals surface area contributed by atoms with Crippen LogP contribution in [0.15, 0.2) is 48.5 Å². The van der Waals surface area contributed by atoms with Crippen LogP contribution in [0.4, 0.5) is 0 Å². The minimum Gasteiger partial charge on any atom is -0.480 e. The molecule has 0 atom stereocenters. The molecular formula is C18H18BrClO2. The van der Waals surface area contributed by atoms with Gasteiger partial charge in [0.2, 0.25) is 0 Å². The first-order chi connectivity index (χ1) is 10.2. The SMILES string of the molecule is Cl.O=C(O)C1(CCCCBr)c2ccccc2-c2ccccc21. The van der Waals surface area contributed by atoms with E-state index in [0.717, 1.165) is 40.4 Å². The third kappa shape index (κ3) is 2.46. The number of rotatable bonds is 5. The van der Waals surface area contributed by atoms with Gasteiger partial charge in [0.15, 0.2) is 0 Å². The van der Waals surface area contributed by atoms with Gasteiger partial charge in [0.05, 0.1) is 0 Å². The van der Waals surface area contributed by atoms with Gasteiger partial charge in [-0.25, -0.2) is 0 Å². The van der Waals surface area contributed by atoms with Crippen molar-refractivity contribution in [2.45, 2.75) is 24.7 Å². The Balaban J connectivity index is 0.00000176. The molecule has 0 heterocycles. The van der Waals surface area contributed by atoms with Crippen LogP contribution in [0.3, 0.4) is 0 Å². The fourth-order valence-corrected chi connectivity index (χ4v) is 3.81. The van der Waals surface area contributed by atoms with Crippen molar-refractivity contribution < 1.29 is 9.90 Å². The van der Waals surface area contributed by atoms with Gasteiger partial charge >= 0.3 is 5.97 Å². The molecule has 22 heavy (non-hydrogen) atoms. The second-order valence-corrected chi connectivity index (χ2v) is 6.24. The minimum atomic E-state index is -0.893. The topological polar surface area (TPSA) is 37.3 Å². The zero-order chi connectivity index (χ0) is 14.9. The molecule has 0 fully saturated rings. The number of carbonyl (C=O) groups is 1. The molecule has 0 bridgehead atoms. The number of hydrogen-bond donors (Lipinski definition) is 1. The van der Waals surface area contributed by atoms with Crippen molar-refractivity contribution in [3.05, 3.63) is 59.7 Å². The number of alkyl halides is 1. The van der Waals surface area contributed by atoms with Crippen LogP contribution in [0.5, 0.6) is 0 Å². The summed E-state index contributed by atoms with van der Waals surface area (Å²) in [6, 6.07) is 15.8. The van der Waals surface area contributed by atoms with E-state index in [4.69, 9.17) is 0 Å². The van der Waals surface area contributed by atoms with Crippen LogP contribution < -0.4 is 0 Å². The lowest BCUT2D eigenvalue weighted by molar-refractivity contribution is -0.142. The molecule has 0 aliphatic heterocycles. The number of hydrogen-bond acceptors (Lipinski definition) is 1. The highest BCUT2D eigenvalue weighted by molar-refractivity contribution is 9.09. The van der Waals surface area contributed by atoms with E-state index < -0.39 is 11.4 Å². The summed E-state index contributed by atoms with van der Waals surface area (Å²) in [5.41, 5.74) is 3.11. The minimum absolute atomic E-state index is 0. The molecule has 0 radical (unpaired) electrons. The number of aliphatic carboxylic acids is 1. The average Bonchev–Trinajstić information content (AvgIpc) is 2.80. The van der Waals surface area contributed by atoms with E-state index in [1.165, 1.54) is 0 Å². The maximum Gasteiger partial charge on any atom is 0.318 e. The number of halogens is 2. The molecule has 0 amide bonds. The van der Waals surface area contributed by atoms with Crippen LogP contribution in [0.1, 0.15) is 30.4 Å². The average molecular weight is 382 g/mol. The van der Waals surface area contributed by atoms with Gasteiger partial charge in [-0.1, -0.05) is 70.9 Å². The third-order valence-corrected chi connectivity index (χ3v) is 4.93. The maximum absolute atomic E-state index is 12.2. The zero-order valence-corrected chi connectivity index (χ0v) is 14.5. The fourth-order valence-electron chi connectivity index (χ4n) is 3.42. The van der Waals surface area contributed by atoms with Crippen LogP contribution in [0.25, 0.3) is 11.1 Å². The zero-order valence-electron chi connectivity index (χ0n) is 12.1. The van der Waals surface area contributed by atoms with Gasteiger partial charge in [-0.15, -0.1) is 12.4 Å². The molecule has 116 valence electrons. The first-order valence-electron chi connectivity index (χ1n) is 7.20. The second kappa shape index (κ2) is 6.84. The summed E-state index contributed by atoms with van der Waals surface area (Å²) in [6.07, 6.45) is 2.52. The highest BCUT2D eigenvalue weighted by Crippen LogP contribution is 2.51. The van der Waals surface area contributed by atoms with Gasteiger partial charge in [0, 0.05) is 5.33 Å². The summed E-state index contributed by atoms with van der Waals surface area (Å²) >= 11 is 3.43. The molecule has 1 aliphatic rings. The summed E-state index contributed by atoms with van der Waals surface area (Å²) in [4.78, 5) is 12.2. The van der Waals surface area contributed by atoms with Crippen molar-refractivity contribution in [3.8, 4) is 11.1 Å². The Morgan fingerprint density at radius 1 is 0.955 bits per heavy atom. The number of carboxylic acid groups (broad SMARTS) is 1. The third-order valence-electron chi connectivity index (χ3n) is 4.36. The van der Waals surface area contributed by atoms with Gasteiger partial charge in [-0.2, -0.15) is 0 Å². The molecule has 0 aromatic heterocycles. The van der Waals surface area contributed by atoms with Gasteiger partial charge in [0.25, 0.3) is 0 Å². The molecule has 1 N–H and O–H groups in total. The van der Waals surface area contributed by atoms with Crippen molar-refractivity contribution in [1.82, 2.24) is 0 Å². The Labute approximate surface area is 145 Å². The van der Waals surface area contributed by atoms with Crippen LogP contribution in [0.2, 0.25) is 0 Å². The predicted octanol–water partition coefficient (Wildman–Crippen LogP) is 5.02. The first kappa shape index (κ1) is 17.0. The van der Waals surface area contributed by atoms with Gasteiger partial charge in [0.1, 0.15) is 5.41 Å². The van der Waals surface area contributed by atoms with Crippen LogP contribution in [-0.2, 0) is 10.2 Å². The van der Waals surface area contributed by atoms with E-state index in [9.17, 15) is 9.90 Å². The van der Waals surface area contributed by atoms with Gasteiger partial charge < -0.3 is 5.11 Å². The lowest BCUT2D eigenvalue weighted by Crippen LogP contribution is -2.35. The van der Waals surface area contributed by atoms with Crippen molar-refractivity contribution in [2.75, 3.05) is 5.33 Å². The van der Waals surface area contributed by atoms with Crippen LogP contribution >= 0.6 is 28.3 Å². The Morgan fingerprint density at radius 3 is 1.91 bits per heavy atom. The lowest BCUT2D eigenvalue weighted by Gasteiger charge is -2.27. The normalized spacial score (nSPS) is 13.9. The Bertz CT molecular complexity index is 639. The number of fused-ring (bicyclic) bond motifs is 3. The van der Waals surface area contributed by atoms with E-state index >= 15 is 0 Å². The highest BCUT2D eigenvalue weighted by Gasteiger charge is 2.48. The van der Waals surface area contributed by atoms with E-state index in [0.29, 0.717) is 6.42 Å². The smallest absolute Gasteiger partial charge is 0.318 e. The molecule has 2 nitrogen and oxygen atoms in total. The molecule has 3 rings (SSSR count). The van der Waals surface area contributed by atoms with E-state index in [1.54, 1.807) is 0 Å². The molecule has 2 aromatic carbocycles. The number of benzene rings is 2. The van der Waals surface area contributed by atoms with Gasteiger partial charge in [-0.05, 0) is 35.1 Å². The Kier molecular flexibility index (Phi) is 5.30. The highest BCUT2D eigenvalue weighted by atomic mass is 79.9. The quantitative estimate of drug-likeness (QED) is 0.583. The Hall–Kier alpha value is -1.32. The summed E-state index contributed by atoms with van der Waals surface area (Å²) in [5, 5.41) is 11.0. The predicted molar refractivity (Wildman–Crippen MR) is 95.2 cm³/mol. The molecule has 2 aromatic rings. The van der Waals surface area contributed by atoms with Crippen LogP contribution in [-0.4, -0.2) is 16.4 Å². The van der Waals surface area contributed by atoms with E-state index in [2.05, 4.69) is 15.9 Å². The van der Waals surface area contributed by atoms with E-state index in [1.807, 2.05) is 48.5 Å². The number of carboxylic acids is 1. The number of unbranched alkanes of at least 4 members (excludes halogenated alkanes) is 1. The largest absolute Gasteiger partial charge is 0.480 e.